The fourth-order valence-corrected chi connectivity index (χ4v) is 10.1. The van der Waals surface area contributed by atoms with E-state index in [9.17, 15) is 15.0 Å². The normalized spacial score (nSPS) is 42.8. The Morgan fingerprint density at radius 3 is 2.64 bits per heavy atom. The molecule has 36 heavy (non-hydrogen) atoms. The molecule has 1 aromatic rings. The number of carbonyl (C=O) groups excluding carboxylic acids is 1. The predicted octanol–water partition coefficient (Wildman–Crippen LogP) is 5.03. The van der Waals surface area contributed by atoms with Gasteiger partial charge in [0.15, 0.2) is 0 Å². The molecule has 0 bridgehead atoms. The van der Waals surface area contributed by atoms with Gasteiger partial charge in [-0.15, -0.1) is 10.2 Å². The van der Waals surface area contributed by atoms with Gasteiger partial charge in [0, 0.05) is 13.5 Å². The van der Waals surface area contributed by atoms with Crippen molar-refractivity contribution < 1.29 is 19.7 Å². The highest BCUT2D eigenvalue weighted by Gasteiger charge is 2.62. The molecule has 4 aliphatic rings. The van der Waals surface area contributed by atoms with E-state index in [-0.39, 0.29) is 28.9 Å². The zero-order chi connectivity index (χ0) is 25.7. The van der Waals surface area contributed by atoms with Gasteiger partial charge >= 0.3 is 0 Å². The maximum Gasteiger partial charge on any atom is 0.226 e. The summed E-state index contributed by atoms with van der Waals surface area (Å²) in [5, 5.41) is 34.0. The molecule has 5 rings (SSSR count). The molecular weight excluding hydrogens is 474 g/mol. The summed E-state index contributed by atoms with van der Waals surface area (Å²) >= 11 is 1.36. The first-order chi connectivity index (χ1) is 17.2. The fourth-order valence-electron chi connectivity index (χ4n) is 9.40. The van der Waals surface area contributed by atoms with E-state index in [1.165, 1.54) is 37.0 Å². The number of carbonyl (C=O) groups is 1. The number of aliphatic hydroxyl groups excluding tert-OH is 2. The van der Waals surface area contributed by atoms with E-state index in [0.717, 1.165) is 37.1 Å². The van der Waals surface area contributed by atoms with Crippen molar-refractivity contribution >= 4 is 22.4 Å². The molecule has 4 aliphatic carbocycles. The molecule has 1 heterocycles. The van der Waals surface area contributed by atoms with Crippen molar-refractivity contribution in [2.45, 2.75) is 104 Å². The predicted molar refractivity (Wildman–Crippen MR) is 140 cm³/mol. The Balaban J connectivity index is 1.21. The van der Waals surface area contributed by atoms with Crippen LogP contribution < -0.4 is 5.32 Å². The molecule has 0 unspecified atom stereocenters. The highest BCUT2D eigenvalue weighted by Crippen LogP contribution is 2.68. The summed E-state index contributed by atoms with van der Waals surface area (Å²) in [6.07, 6.45) is 9.52. The van der Waals surface area contributed by atoms with E-state index in [4.69, 9.17) is 4.74 Å². The van der Waals surface area contributed by atoms with Crippen molar-refractivity contribution in [1.82, 2.24) is 10.2 Å². The van der Waals surface area contributed by atoms with E-state index in [0.29, 0.717) is 53.7 Å². The zero-order valence-corrected chi connectivity index (χ0v) is 23.2. The van der Waals surface area contributed by atoms with E-state index < -0.39 is 0 Å². The maximum atomic E-state index is 12.6. The Kier molecular flexibility index (Phi) is 7.54. The number of nitrogens with one attached hydrogen (secondary N) is 1. The molecular formula is C28H45N3O4S. The second-order valence-corrected chi connectivity index (χ2v) is 14.0. The van der Waals surface area contributed by atoms with Crippen molar-refractivity contribution in [2.75, 3.05) is 12.4 Å². The molecule has 0 aromatic carbocycles. The van der Waals surface area contributed by atoms with Gasteiger partial charge in [-0.05, 0) is 104 Å². The van der Waals surface area contributed by atoms with Gasteiger partial charge in [-0.1, -0.05) is 32.1 Å². The van der Waals surface area contributed by atoms with Crippen LogP contribution in [0.15, 0.2) is 0 Å². The van der Waals surface area contributed by atoms with Crippen LogP contribution in [-0.4, -0.2) is 45.6 Å². The first-order valence-corrected chi connectivity index (χ1v) is 14.9. The van der Waals surface area contributed by atoms with Gasteiger partial charge in [0.1, 0.15) is 11.6 Å². The van der Waals surface area contributed by atoms with Crippen LogP contribution in [-0.2, 0) is 16.1 Å². The largest absolute Gasteiger partial charge is 0.393 e. The van der Waals surface area contributed by atoms with Crippen molar-refractivity contribution in [2.24, 2.45) is 46.3 Å². The van der Waals surface area contributed by atoms with Gasteiger partial charge in [-0.2, -0.15) is 0 Å². The third kappa shape index (κ3) is 4.65. The lowest BCUT2D eigenvalue weighted by Crippen LogP contribution is -2.58. The molecule has 8 heteroatoms. The fraction of sp³-hybridized carbons (Fsp3) is 0.893. The molecule has 4 saturated carbocycles. The minimum atomic E-state index is -0.238. The smallest absolute Gasteiger partial charge is 0.226 e. The van der Waals surface area contributed by atoms with Gasteiger partial charge in [-0.25, -0.2) is 0 Å². The summed E-state index contributed by atoms with van der Waals surface area (Å²) in [6.45, 7) is 7.70. The minimum Gasteiger partial charge on any atom is -0.393 e. The van der Waals surface area contributed by atoms with Crippen molar-refractivity contribution in [3.8, 4) is 0 Å². The van der Waals surface area contributed by atoms with Gasteiger partial charge in [0.2, 0.25) is 11.0 Å². The lowest BCUT2D eigenvalue weighted by molar-refractivity contribution is -0.174. The first-order valence-electron chi connectivity index (χ1n) is 14.1. The molecule has 0 spiro atoms. The zero-order valence-electron chi connectivity index (χ0n) is 22.4. The SMILES string of the molecule is COCc1nnc(NC(=O)CC[C@@H](C)[C@H]2CC[C@H]3[C@@H]4[C@@H](O)C[C@@H]5C[C@H](O)CC[C@]5(C)[C@H]4CC[C@]23C)s1. The summed E-state index contributed by atoms with van der Waals surface area (Å²) in [4.78, 5) is 12.6. The summed E-state index contributed by atoms with van der Waals surface area (Å²) in [7, 11) is 1.62. The number of anilines is 1. The van der Waals surface area contributed by atoms with Gasteiger partial charge < -0.3 is 20.3 Å². The lowest BCUT2D eigenvalue weighted by Gasteiger charge is -2.62. The molecule has 0 aliphatic heterocycles. The highest BCUT2D eigenvalue weighted by molar-refractivity contribution is 7.15. The third-order valence-corrected chi connectivity index (χ3v) is 12.0. The highest BCUT2D eigenvalue weighted by atomic mass is 32.1. The molecule has 10 atom stereocenters. The number of hydrogen-bond acceptors (Lipinski definition) is 7. The van der Waals surface area contributed by atoms with Crippen LogP contribution in [0, 0.1) is 46.3 Å². The van der Waals surface area contributed by atoms with Crippen molar-refractivity contribution in [1.29, 1.82) is 0 Å². The number of methoxy groups -OCH3 is 1. The summed E-state index contributed by atoms with van der Waals surface area (Å²) in [6, 6.07) is 0. The molecule has 202 valence electrons. The Hall–Kier alpha value is -1.09. The number of aliphatic hydroxyl groups is 2. The summed E-state index contributed by atoms with van der Waals surface area (Å²) < 4.78 is 5.08. The number of rotatable bonds is 7. The number of ether oxygens (including phenoxy) is 1. The van der Waals surface area contributed by atoms with Crippen LogP contribution in [0.2, 0.25) is 0 Å². The van der Waals surface area contributed by atoms with Crippen LogP contribution in [0.5, 0.6) is 0 Å². The Morgan fingerprint density at radius 1 is 1.11 bits per heavy atom. The van der Waals surface area contributed by atoms with Crippen LogP contribution in [0.25, 0.3) is 0 Å². The first kappa shape index (κ1) is 26.5. The van der Waals surface area contributed by atoms with E-state index in [1.807, 2.05) is 0 Å². The van der Waals surface area contributed by atoms with Crippen LogP contribution >= 0.6 is 11.3 Å². The van der Waals surface area contributed by atoms with Gasteiger partial charge in [0.05, 0.1) is 12.2 Å². The van der Waals surface area contributed by atoms with Gasteiger partial charge in [-0.3, -0.25) is 4.79 Å². The molecule has 4 fully saturated rings. The number of amides is 1. The average molecular weight is 520 g/mol. The van der Waals surface area contributed by atoms with Crippen LogP contribution in [0.4, 0.5) is 5.13 Å². The van der Waals surface area contributed by atoms with Crippen LogP contribution in [0.3, 0.4) is 0 Å². The Labute approximate surface area is 219 Å². The summed E-state index contributed by atoms with van der Waals surface area (Å²) in [5.41, 5.74) is 0.504. The van der Waals surface area contributed by atoms with Crippen molar-refractivity contribution in [3.63, 3.8) is 0 Å². The second-order valence-electron chi connectivity index (χ2n) is 13.0. The lowest BCUT2D eigenvalue weighted by atomic mass is 9.43. The number of nitrogens with zero attached hydrogens (tertiary/aromatic N) is 2. The molecule has 1 aromatic heterocycles. The molecule has 0 saturated heterocycles. The molecule has 0 radical (unpaired) electrons. The topological polar surface area (TPSA) is 105 Å². The Bertz CT molecular complexity index is 942. The van der Waals surface area contributed by atoms with E-state index >= 15 is 0 Å². The van der Waals surface area contributed by atoms with Gasteiger partial charge in [0.25, 0.3) is 0 Å². The van der Waals surface area contributed by atoms with Crippen LogP contribution in [0.1, 0.15) is 90.0 Å². The molecule has 3 N–H and O–H groups in total. The summed E-state index contributed by atoms with van der Waals surface area (Å²) in [5.74, 6) is 3.05. The maximum absolute atomic E-state index is 12.6. The van der Waals surface area contributed by atoms with Crippen molar-refractivity contribution in [3.05, 3.63) is 5.01 Å². The molecule has 1 amide bonds. The third-order valence-electron chi connectivity index (χ3n) is 11.2. The van der Waals surface area contributed by atoms with E-state index in [2.05, 4.69) is 36.3 Å². The Morgan fingerprint density at radius 2 is 1.86 bits per heavy atom. The van der Waals surface area contributed by atoms with E-state index in [1.54, 1.807) is 7.11 Å². The standard InChI is InChI=1S/C28H45N3O4S/c1-16(5-8-23(34)29-26-31-30-24(36-26)15-35-4)19-6-7-20-25-21(10-12-28(19,20)3)27(2)11-9-18(32)13-17(27)14-22(25)33/h16-22,25,32-33H,5-15H2,1-4H3,(H,29,31,34)/t16-,17+,18-,19-,20+,21+,22+,25+,27+,28-/m1/s1. The average Bonchev–Trinajstić information content (AvgIpc) is 3.42. The number of aromatic nitrogens is 2. The number of fused-ring (bicyclic) bond motifs is 5. The monoisotopic (exact) mass is 519 g/mol. The quantitative estimate of drug-likeness (QED) is 0.467. The number of hydrogen-bond donors (Lipinski definition) is 3. The second kappa shape index (κ2) is 10.2. The minimum absolute atomic E-state index is 0.00605. The molecule has 7 nitrogen and oxygen atoms in total.